The van der Waals surface area contributed by atoms with E-state index in [1.54, 1.807) is 13.2 Å². The maximum atomic E-state index is 4.28. The minimum atomic E-state index is 0.555. The molecule has 0 atom stereocenters. The molecule has 98 valence electrons. The van der Waals surface area contributed by atoms with Crippen molar-refractivity contribution in [3.8, 4) is 0 Å². The molecule has 0 saturated heterocycles. The molecule has 0 aliphatic carbocycles. The van der Waals surface area contributed by atoms with E-state index in [4.69, 9.17) is 0 Å². The van der Waals surface area contributed by atoms with Crippen LogP contribution in [-0.4, -0.2) is 36.5 Å². The fourth-order valence-corrected chi connectivity index (χ4v) is 1.66. The van der Waals surface area contributed by atoms with Crippen molar-refractivity contribution in [2.75, 3.05) is 6.54 Å². The van der Waals surface area contributed by atoms with Crippen LogP contribution in [-0.2, 0) is 20.1 Å². The summed E-state index contributed by atoms with van der Waals surface area (Å²) in [5.41, 5.74) is 1.13. The number of nitrogens with one attached hydrogen (secondary N) is 1. The van der Waals surface area contributed by atoms with Gasteiger partial charge in [0.05, 0.1) is 12.7 Å². The first-order valence-corrected chi connectivity index (χ1v) is 6.09. The molecule has 2 rings (SSSR count). The first-order chi connectivity index (χ1) is 8.65. The predicted molar refractivity (Wildman–Crippen MR) is 66.7 cm³/mol. The number of hydrogen-bond acceptors (Lipinski definition) is 5. The van der Waals surface area contributed by atoms with Crippen LogP contribution in [0.5, 0.6) is 0 Å². The Kier molecular flexibility index (Phi) is 4.03. The van der Waals surface area contributed by atoms with Crippen molar-refractivity contribution < 1.29 is 0 Å². The topological polar surface area (TPSA) is 73.5 Å². The molecule has 0 amide bonds. The molecule has 0 unspecified atom stereocenters. The summed E-state index contributed by atoms with van der Waals surface area (Å²) < 4.78 is 1.89. The van der Waals surface area contributed by atoms with Crippen molar-refractivity contribution >= 4 is 0 Å². The summed E-state index contributed by atoms with van der Waals surface area (Å²) in [6, 6.07) is 2.00. The predicted octanol–water partition coefficient (Wildman–Crippen LogP) is 0.200. The van der Waals surface area contributed by atoms with E-state index in [9.17, 15) is 0 Å². The number of tetrazole rings is 1. The molecule has 0 spiro atoms. The van der Waals surface area contributed by atoms with Crippen LogP contribution in [0.4, 0.5) is 0 Å². The highest BCUT2D eigenvalue weighted by Gasteiger charge is 2.07. The molecule has 0 aromatic carbocycles. The molecule has 7 nitrogen and oxygen atoms in total. The van der Waals surface area contributed by atoms with Crippen molar-refractivity contribution in [1.29, 1.82) is 0 Å². The van der Waals surface area contributed by atoms with Crippen LogP contribution in [0.15, 0.2) is 12.3 Å². The van der Waals surface area contributed by atoms with Crippen molar-refractivity contribution in [1.82, 2.24) is 35.3 Å². The van der Waals surface area contributed by atoms with E-state index in [1.165, 1.54) is 4.80 Å². The second-order valence-corrected chi connectivity index (χ2v) is 4.70. The average molecular weight is 249 g/mol. The Labute approximate surface area is 106 Å². The fourth-order valence-electron chi connectivity index (χ4n) is 1.66. The zero-order valence-corrected chi connectivity index (χ0v) is 11.0. The molecule has 1 N–H and O–H groups in total. The zero-order valence-electron chi connectivity index (χ0n) is 11.0. The number of nitrogens with zero attached hydrogens (tertiary/aromatic N) is 6. The summed E-state index contributed by atoms with van der Waals surface area (Å²) in [6.07, 6.45) is 1.79. The van der Waals surface area contributed by atoms with Gasteiger partial charge < -0.3 is 5.32 Å². The lowest BCUT2D eigenvalue weighted by molar-refractivity contribution is 0.525. The Morgan fingerprint density at radius 3 is 2.89 bits per heavy atom. The van der Waals surface area contributed by atoms with Crippen LogP contribution in [0.25, 0.3) is 0 Å². The minimum Gasteiger partial charge on any atom is -0.311 e. The maximum Gasteiger partial charge on any atom is 0.196 e. The van der Waals surface area contributed by atoms with E-state index in [1.807, 2.05) is 10.7 Å². The normalized spacial score (nSPS) is 11.3. The smallest absolute Gasteiger partial charge is 0.196 e. The average Bonchev–Trinajstić information content (AvgIpc) is 2.89. The Morgan fingerprint density at radius 2 is 2.22 bits per heavy atom. The highest BCUT2D eigenvalue weighted by molar-refractivity contribution is 5.01. The van der Waals surface area contributed by atoms with Gasteiger partial charge in [0.15, 0.2) is 5.82 Å². The SMILES string of the molecule is CC(C)CNCc1ccnn1Cc1nnn(C)n1. The van der Waals surface area contributed by atoms with Crippen LogP contribution < -0.4 is 5.32 Å². The van der Waals surface area contributed by atoms with Gasteiger partial charge in [0.1, 0.15) is 6.54 Å². The second kappa shape index (κ2) is 5.72. The summed E-state index contributed by atoms with van der Waals surface area (Å²) in [4.78, 5) is 1.45. The van der Waals surface area contributed by atoms with Crippen LogP contribution in [0.2, 0.25) is 0 Å². The van der Waals surface area contributed by atoms with Gasteiger partial charge in [-0.1, -0.05) is 13.8 Å². The Hall–Kier alpha value is -1.76. The fraction of sp³-hybridized carbons (Fsp3) is 0.636. The highest BCUT2D eigenvalue weighted by atomic mass is 15.6. The quantitative estimate of drug-likeness (QED) is 0.791. The van der Waals surface area contributed by atoms with Gasteiger partial charge >= 0.3 is 0 Å². The first kappa shape index (κ1) is 12.7. The molecule has 2 aromatic rings. The lowest BCUT2D eigenvalue weighted by Gasteiger charge is -2.08. The summed E-state index contributed by atoms with van der Waals surface area (Å²) in [6.45, 7) is 6.73. The Bertz CT molecular complexity index is 485. The molecular weight excluding hydrogens is 230 g/mol. The van der Waals surface area contributed by atoms with Gasteiger partial charge in [0.25, 0.3) is 0 Å². The third-order valence-corrected chi connectivity index (χ3v) is 2.50. The van der Waals surface area contributed by atoms with Gasteiger partial charge in [-0.15, -0.1) is 10.2 Å². The number of aromatic nitrogens is 6. The zero-order chi connectivity index (χ0) is 13.0. The van der Waals surface area contributed by atoms with E-state index in [2.05, 4.69) is 39.7 Å². The van der Waals surface area contributed by atoms with Gasteiger partial charge in [0.2, 0.25) is 0 Å². The summed E-state index contributed by atoms with van der Waals surface area (Å²) in [5, 5.41) is 19.6. The molecule has 0 fully saturated rings. The maximum absolute atomic E-state index is 4.28. The van der Waals surface area contributed by atoms with E-state index in [-0.39, 0.29) is 0 Å². The van der Waals surface area contributed by atoms with E-state index in [0.29, 0.717) is 18.3 Å². The molecule has 0 aliphatic rings. The number of rotatable bonds is 6. The minimum absolute atomic E-state index is 0.555. The number of aryl methyl sites for hydroxylation is 1. The molecule has 18 heavy (non-hydrogen) atoms. The van der Waals surface area contributed by atoms with Crippen LogP contribution in [0, 0.1) is 5.92 Å². The summed E-state index contributed by atoms with van der Waals surface area (Å²) >= 11 is 0. The second-order valence-electron chi connectivity index (χ2n) is 4.70. The standard InChI is InChI=1S/C11H19N7/c1-9(2)6-12-7-10-4-5-13-18(10)8-11-14-16-17(3)15-11/h4-5,9,12H,6-8H2,1-3H3. The Morgan fingerprint density at radius 1 is 1.39 bits per heavy atom. The summed E-state index contributed by atoms with van der Waals surface area (Å²) in [7, 11) is 1.75. The lowest BCUT2D eigenvalue weighted by Crippen LogP contribution is -2.21. The third-order valence-electron chi connectivity index (χ3n) is 2.50. The molecule has 2 heterocycles. The van der Waals surface area contributed by atoms with Gasteiger partial charge in [-0.3, -0.25) is 4.68 Å². The van der Waals surface area contributed by atoms with Crippen LogP contribution in [0.3, 0.4) is 0 Å². The molecule has 2 aromatic heterocycles. The van der Waals surface area contributed by atoms with Crippen LogP contribution in [0.1, 0.15) is 25.4 Å². The Balaban J connectivity index is 1.95. The summed E-state index contributed by atoms with van der Waals surface area (Å²) in [5.74, 6) is 1.31. The molecule has 0 radical (unpaired) electrons. The lowest BCUT2D eigenvalue weighted by atomic mass is 10.2. The van der Waals surface area contributed by atoms with E-state index in [0.717, 1.165) is 18.8 Å². The largest absolute Gasteiger partial charge is 0.311 e. The van der Waals surface area contributed by atoms with Crippen molar-refractivity contribution in [2.24, 2.45) is 13.0 Å². The van der Waals surface area contributed by atoms with Gasteiger partial charge in [-0.2, -0.15) is 9.90 Å². The van der Waals surface area contributed by atoms with Gasteiger partial charge in [-0.25, -0.2) is 0 Å². The van der Waals surface area contributed by atoms with Gasteiger partial charge in [-0.05, 0) is 23.7 Å². The van der Waals surface area contributed by atoms with Crippen molar-refractivity contribution in [3.05, 3.63) is 23.8 Å². The van der Waals surface area contributed by atoms with Crippen molar-refractivity contribution in [2.45, 2.75) is 26.9 Å². The molecular formula is C11H19N7. The van der Waals surface area contributed by atoms with E-state index >= 15 is 0 Å². The molecule has 0 aliphatic heterocycles. The molecule has 0 bridgehead atoms. The highest BCUT2D eigenvalue weighted by Crippen LogP contribution is 2.01. The van der Waals surface area contributed by atoms with Gasteiger partial charge in [0, 0.05) is 12.7 Å². The third kappa shape index (κ3) is 3.36. The van der Waals surface area contributed by atoms with Crippen LogP contribution >= 0.6 is 0 Å². The van der Waals surface area contributed by atoms with Crippen molar-refractivity contribution in [3.63, 3.8) is 0 Å². The molecule has 0 saturated carbocycles. The van der Waals surface area contributed by atoms with E-state index < -0.39 is 0 Å². The number of hydrogen-bond donors (Lipinski definition) is 1. The first-order valence-electron chi connectivity index (χ1n) is 6.09. The monoisotopic (exact) mass is 249 g/mol. The molecule has 7 heteroatoms.